The highest BCUT2D eigenvalue weighted by atomic mass is 16.5. The van der Waals surface area contributed by atoms with Crippen molar-refractivity contribution in [3.05, 3.63) is 53.9 Å². The van der Waals surface area contributed by atoms with Gasteiger partial charge in [-0.2, -0.15) is 0 Å². The average Bonchev–Trinajstić information content (AvgIpc) is 2.54. The minimum atomic E-state index is -0.220. The maximum atomic E-state index is 12.2. The highest BCUT2D eigenvalue weighted by Gasteiger charge is 2.10. The van der Waals surface area contributed by atoms with Crippen LogP contribution >= 0.6 is 0 Å². The van der Waals surface area contributed by atoms with Crippen molar-refractivity contribution in [2.24, 2.45) is 0 Å². The maximum Gasteiger partial charge on any atom is 0.274 e. The van der Waals surface area contributed by atoms with Gasteiger partial charge >= 0.3 is 0 Å². The van der Waals surface area contributed by atoms with Gasteiger partial charge in [-0.05, 0) is 30.2 Å². The second-order valence-corrected chi connectivity index (χ2v) is 4.54. The lowest BCUT2D eigenvalue weighted by atomic mass is 10.1. The van der Waals surface area contributed by atoms with Gasteiger partial charge in [-0.3, -0.25) is 4.79 Å². The van der Waals surface area contributed by atoms with E-state index in [1.54, 1.807) is 19.4 Å². The summed E-state index contributed by atoms with van der Waals surface area (Å²) in [6.45, 7) is 0.613. The van der Waals surface area contributed by atoms with Gasteiger partial charge in [-0.25, -0.2) is 4.98 Å². The number of rotatable bonds is 6. The first-order valence-electron chi connectivity index (χ1n) is 6.76. The van der Waals surface area contributed by atoms with Crippen molar-refractivity contribution in [3.63, 3.8) is 0 Å². The zero-order chi connectivity index (χ0) is 15.1. The van der Waals surface area contributed by atoms with Crippen LogP contribution in [0.1, 0.15) is 16.1 Å². The molecule has 0 radical (unpaired) electrons. The number of carbonyl (C=O) groups excluding carboxylic acids is 1. The molecule has 21 heavy (non-hydrogen) atoms. The molecular weight excluding hydrogens is 266 g/mol. The second kappa shape index (κ2) is 7.40. The Labute approximate surface area is 124 Å². The maximum absolute atomic E-state index is 12.2. The molecule has 0 aliphatic carbocycles. The molecule has 0 atom stereocenters. The molecule has 0 aliphatic heterocycles. The molecule has 1 aromatic heterocycles. The van der Waals surface area contributed by atoms with E-state index >= 15 is 0 Å². The van der Waals surface area contributed by atoms with Gasteiger partial charge in [0.2, 0.25) is 0 Å². The highest BCUT2D eigenvalue weighted by molar-refractivity contribution is 6.03. The van der Waals surface area contributed by atoms with Crippen molar-refractivity contribution < 1.29 is 9.53 Å². The monoisotopic (exact) mass is 285 g/mol. The Morgan fingerprint density at radius 1 is 1.24 bits per heavy atom. The number of anilines is 2. The molecular formula is C16H19N3O2. The van der Waals surface area contributed by atoms with Crippen LogP contribution in [0.15, 0.2) is 42.6 Å². The molecule has 5 nitrogen and oxygen atoms in total. The van der Waals surface area contributed by atoms with Crippen LogP contribution in [0.3, 0.4) is 0 Å². The Morgan fingerprint density at radius 2 is 2.05 bits per heavy atom. The predicted octanol–water partition coefficient (Wildman–Crippen LogP) is 2.56. The summed E-state index contributed by atoms with van der Waals surface area (Å²) in [7, 11) is 3.47. The summed E-state index contributed by atoms with van der Waals surface area (Å²) in [6.07, 6.45) is 2.38. The van der Waals surface area contributed by atoms with Gasteiger partial charge in [0.25, 0.3) is 5.91 Å². The fourth-order valence-corrected chi connectivity index (χ4v) is 1.93. The number of amides is 1. The van der Waals surface area contributed by atoms with Crippen LogP contribution in [0, 0.1) is 0 Å². The normalized spacial score (nSPS) is 10.2. The number of benzene rings is 1. The van der Waals surface area contributed by atoms with E-state index in [0.29, 0.717) is 12.3 Å². The molecule has 1 aromatic carbocycles. The molecule has 2 N–H and O–H groups in total. The van der Waals surface area contributed by atoms with Gasteiger partial charge in [-0.15, -0.1) is 0 Å². The third-order valence-corrected chi connectivity index (χ3v) is 3.13. The first-order valence-corrected chi connectivity index (χ1v) is 6.76. The summed E-state index contributed by atoms with van der Waals surface area (Å²) < 4.78 is 5.08. The van der Waals surface area contributed by atoms with E-state index in [1.807, 2.05) is 37.4 Å². The van der Waals surface area contributed by atoms with Gasteiger partial charge in [0.15, 0.2) is 0 Å². The van der Waals surface area contributed by atoms with Crippen molar-refractivity contribution >= 4 is 17.3 Å². The van der Waals surface area contributed by atoms with E-state index in [9.17, 15) is 4.79 Å². The van der Waals surface area contributed by atoms with E-state index in [1.165, 1.54) is 0 Å². The molecule has 0 spiro atoms. The SMILES string of the molecule is CNc1ccc(C(=O)Nc2ccccc2CCOC)nc1. The Kier molecular flexibility index (Phi) is 5.29. The van der Waals surface area contributed by atoms with Crippen LogP contribution in [0.5, 0.6) is 0 Å². The summed E-state index contributed by atoms with van der Waals surface area (Å²) in [6, 6.07) is 11.2. The first-order chi connectivity index (χ1) is 10.2. The van der Waals surface area contributed by atoms with Crippen LogP contribution in [0.2, 0.25) is 0 Å². The number of para-hydroxylation sites is 1. The third-order valence-electron chi connectivity index (χ3n) is 3.13. The van der Waals surface area contributed by atoms with Crippen molar-refractivity contribution in [2.45, 2.75) is 6.42 Å². The summed E-state index contributed by atoms with van der Waals surface area (Å²) in [5.74, 6) is -0.220. The molecule has 2 rings (SSSR count). The second-order valence-electron chi connectivity index (χ2n) is 4.54. The molecule has 0 unspecified atom stereocenters. The van der Waals surface area contributed by atoms with Crippen molar-refractivity contribution in [2.75, 3.05) is 31.4 Å². The number of ether oxygens (including phenoxy) is 1. The number of carbonyl (C=O) groups is 1. The van der Waals surface area contributed by atoms with E-state index in [-0.39, 0.29) is 5.91 Å². The number of aromatic nitrogens is 1. The van der Waals surface area contributed by atoms with Crippen LogP contribution in [-0.4, -0.2) is 31.7 Å². The molecule has 1 heterocycles. The fourth-order valence-electron chi connectivity index (χ4n) is 1.93. The lowest BCUT2D eigenvalue weighted by molar-refractivity contribution is 0.102. The van der Waals surface area contributed by atoms with Crippen molar-refractivity contribution in [1.82, 2.24) is 4.98 Å². The standard InChI is InChI=1S/C16H19N3O2/c1-17-13-7-8-15(18-11-13)16(20)19-14-6-4-3-5-12(14)9-10-21-2/h3-8,11,17H,9-10H2,1-2H3,(H,19,20). The first kappa shape index (κ1) is 15.0. The van der Waals surface area contributed by atoms with Gasteiger partial charge < -0.3 is 15.4 Å². The quantitative estimate of drug-likeness (QED) is 0.856. The van der Waals surface area contributed by atoms with Crippen LogP contribution in [-0.2, 0) is 11.2 Å². The summed E-state index contributed by atoms with van der Waals surface area (Å²) >= 11 is 0. The zero-order valence-corrected chi connectivity index (χ0v) is 12.2. The van der Waals surface area contributed by atoms with Crippen LogP contribution in [0.25, 0.3) is 0 Å². The number of nitrogens with zero attached hydrogens (tertiary/aromatic N) is 1. The summed E-state index contributed by atoms with van der Waals surface area (Å²) in [5.41, 5.74) is 3.08. The predicted molar refractivity (Wildman–Crippen MR) is 83.8 cm³/mol. The Hall–Kier alpha value is -2.40. The van der Waals surface area contributed by atoms with Crippen molar-refractivity contribution in [1.29, 1.82) is 0 Å². The van der Waals surface area contributed by atoms with E-state index in [0.717, 1.165) is 23.4 Å². The fraction of sp³-hybridized carbons (Fsp3) is 0.250. The Bertz CT molecular complexity index is 597. The lowest BCUT2D eigenvalue weighted by Crippen LogP contribution is -2.15. The molecule has 110 valence electrons. The molecule has 0 fully saturated rings. The van der Waals surface area contributed by atoms with Gasteiger partial charge in [0.1, 0.15) is 5.69 Å². The molecule has 0 saturated heterocycles. The van der Waals surface area contributed by atoms with Gasteiger partial charge in [0.05, 0.1) is 18.5 Å². The average molecular weight is 285 g/mol. The van der Waals surface area contributed by atoms with Crippen LogP contribution < -0.4 is 10.6 Å². The number of hydrogen-bond donors (Lipinski definition) is 2. The third kappa shape index (κ3) is 4.03. The number of methoxy groups -OCH3 is 1. The minimum Gasteiger partial charge on any atom is -0.387 e. The Morgan fingerprint density at radius 3 is 2.71 bits per heavy atom. The Balaban J connectivity index is 2.11. The number of pyridine rings is 1. The van der Waals surface area contributed by atoms with E-state index < -0.39 is 0 Å². The number of hydrogen-bond acceptors (Lipinski definition) is 4. The smallest absolute Gasteiger partial charge is 0.274 e. The molecule has 0 aliphatic rings. The van der Waals surface area contributed by atoms with E-state index in [4.69, 9.17) is 4.74 Å². The molecule has 2 aromatic rings. The zero-order valence-electron chi connectivity index (χ0n) is 12.2. The lowest BCUT2D eigenvalue weighted by Gasteiger charge is -2.10. The molecule has 0 bridgehead atoms. The van der Waals surface area contributed by atoms with Gasteiger partial charge in [0, 0.05) is 19.8 Å². The van der Waals surface area contributed by atoms with Gasteiger partial charge in [-0.1, -0.05) is 18.2 Å². The van der Waals surface area contributed by atoms with Crippen LogP contribution in [0.4, 0.5) is 11.4 Å². The topological polar surface area (TPSA) is 63.2 Å². The molecule has 1 amide bonds. The summed E-state index contributed by atoms with van der Waals surface area (Å²) in [4.78, 5) is 16.4. The number of nitrogens with one attached hydrogen (secondary N) is 2. The van der Waals surface area contributed by atoms with E-state index in [2.05, 4.69) is 15.6 Å². The molecule has 5 heteroatoms. The van der Waals surface area contributed by atoms with Crippen molar-refractivity contribution in [3.8, 4) is 0 Å². The minimum absolute atomic E-state index is 0.220. The largest absolute Gasteiger partial charge is 0.387 e. The highest BCUT2D eigenvalue weighted by Crippen LogP contribution is 2.17. The molecule has 0 saturated carbocycles. The summed E-state index contributed by atoms with van der Waals surface area (Å²) in [5, 5.41) is 5.86.